The highest BCUT2D eigenvalue weighted by atomic mass is 19.1. The van der Waals surface area contributed by atoms with Gasteiger partial charge in [-0.2, -0.15) is 0 Å². The third kappa shape index (κ3) is 4.40. The first-order valence-electron chi connectivity index (χ1n) is 10.8. The monoisotopic (exact) mass is 416 g/mol. The van der Waals surface area contributed by atoms with Crippen molar-refractivity contribution >= 4 is 5.91 Å². The van der Waals surface area contributed by atoms with E-state index in [1.165, 1.54) is 17.7 Å². The van der Waals surface area contributed by atoms with E-state index in [1.807, 2.05) is 86.9 Å². The van der Waals surface area contributed by atoms with Crippen LogP contribution in [0.2, 0.25) is 0 Å². The fraction of sp³-hybridized carbons (Fsp3) is 0.296. The van der Waals surface area contributed by atoms with Crippen LogP contribution in [0.3, 0.4) is 0 Å². The largest absolute Gasteiger partial charge is 0.348 e. The molecule has 3 aromatic carbocycles. The first-order chi connectivity index (χ1) is 15.0. The Labute approximate surface area is 183 Å². The van der Waals surface area contributed by atoms with Gasteiger partial charge in [0.15, 0.2) is 0 Å². The molecular weight excluding hydrogens is 387 g/mol. The lowest BCUT2D eigenvalue weighted by Gasteiger charge is -2.36. The van der Waals surface area contributed by atoms with E-state index in [-0.39, 0.29) is 11.7 Å². The smallest absolute Gasteiger partial charge is 0.237 e. The molecule has 1 N–H and O–H groups in total. The molecule has 1 aliphatic carbocycles. The van der Waals surface area contributed by atoms with Crippen LogP contribution in [0.1, 0.15) is 35.4 Å². The number of nitrogens with one attached hydrogen (secondary N) is 1. The molecule has 0 saturated heterocycles. The molecule has 1 fully saturated rings. The Balaban J connectivity index is 1.56. The molecule has 0 heterocycles. The number of carbonyl (C=O) groups is 1. The molecule has 0 aliphatic heterocycles. The van der Waals surface area contributed by atoms with Crippen LogP contribution in [-0.2, 0) is 10.2 Å². The summed E-state index contributed by atoms with van der Waals surface area (Å²) in [6.07, 6.45) is 1.70. The maximum absolute atomic E-state index is 13.6. The van der Waals surface area contributed by atoms with E-state index in [0.29, 0.717) is 24.9 Å². The second kappa shape index (κ2) is 9.03. The van der Waals surface area contributed by atoms with E-state index < -0.39 is 5.41 Å². The fourth-order valence-corrected chi connectivity index (χ4v) is 4.58. The second-order valence-electron chi connectivity index (χ2n) is 8.54. The number of amides is 1. The van der Waals surface area contributed by atoms with Crippen LogP contribution in [0.25, 0.3) is 0 Å². The summed E-state index contributed by atoms with van der Waals surface area (Å²) < 4.78 is 13.2. The van der Waals surface area contributed by atoms with Gasteiger partial charge in [0, 0.05) is 26.1 Å². The molecule has 3 aromatic rings. The molecule has 0 radical (unpaired) electrons. The van der Waals surface area contributed by atoms with Crippen molar-refractivity contribution in [1.82, 2.24) is 10.2 Å². The summed E-state index contributed by atoms with van der Waals surface area (Å²) in [7, 11) is 3.64. The SMILES string of the molecule is CN(C)C(=O)C(CCN[C@@H]1C[C@H]1c1ccc(F)cc1)(c1ccccc1)c1ccccc1. The van der Waals surface area contributed by atoms with E-state index in [9.17, 15) is 9.18 Å². The van der Waals surface area contributed by atoms with Gasteiger partial charge >= 0.3 is 0 Å². The number of rotatable bonds is 8. The maximum Gasteiger partial charge on any atom is 0.237 e. The molecule has 0 unspecified atom stereocenters. The van der Waals surface area contributed by atoms with Crippen LogP contribution >= 0.6 is 0 Å². The third-order valence-corrected chi connectivity index (χ3v) is 6.30. The van der Waals surface area contributed by atoms with Crippen molar-refractivity contribution in [1.29, 1.82) is 0 Å². The Hall–Kier alpha value is -2.98. The molecule has 160 valence electrons. The van der Waals surface area contributed by atoms with Crippen LogP contribution in [0.4, 0.5) is 4.39 Å². The van der Waals surface area contributed by atoms with E-state index in [2.05, 4.69) is 5.32 Å². The van der Waals surface area contributed by atoms with Crippen LogP contribution in [-0.4, -0.2) is 37.5 Å². The van der Waals surface area contributed by atoms with Crippen molar-refractivity contribution in [3.05, 3.63) is 107 Å². The summed E-state index contributed by atoms with van der Waals surface area (Å²) in [5.74, 6) is 0.289. The minimum Gasteiger partial charge on any atom is -0.348 e. The average Bonchev–Trinajstić information content (AvgIpc) is 3.57. The topological polar surface area (TPSA) is 32.3 Å². The quantitative estimate of drug-likeness (QED) is 0.575. The van der Waals surface area contributed by atoms with E-state index in [0.717, 1.165) is 17.5 Å². The molecule has 1 amide bonds. The van der Waals surface area contributed by atoms with Gasteiger partial charge in [-0.25, -0.2) is 4.39 Å². The minimum atomic E-state index is -0.751. The van der Waals surface area contributed by atoms with Crippen molar-refractivity contribution in [2.24, 2.45) is 0 Å². The van der Waals surface area contributed by atoms with Gasteiger partial charge in [-0.3, -0.25) is 4.79 Å². The average molecular weight is 417 g/mol. The highest BCUT2D eigenvalue weighted by Crippen LogP contribution is 2.42. The molecule has 31 heavy (non-hydrogen) atoms. The van der Waals surface area contributed by atoms with Gasteiger partial charge in [0.2, 0.25) is 5.91 Å². The summed E-state index contributed by atoms with van der Waals surface area (Å²) in [6, 6.07) is 27.3. The van der Waals surface area contributed by atoms with Gasteiger partial charge in [-0.1, -0.05) is 72.8 Å². The Morgan fingerprint density at radius 3 is 2.00 bits per heavy atom. The van der Waals surface area contributed by atoms with E-state index >= 15 is 0 Å². The molecule has 1 aliphatic rings. The predicted molar refractivity (Wildman–Crippen MR) is 123 cm³/mol. The molecule has 0 aromatic heterocycles. The summed E-state index contributed by atoms with van der Waals surface area (Å²) >= 11 is 0. The van der Waals surface area contributed by atoms with E-state index in [4.69, 9.17) is 0 Å². The van der Waals surface area contributed by atoms with Crippen molar-refractivity contribution in [2.75, 3.05) is 20.6 Å². The van der Waals surface area contributed by atoms with Crippen LogP contribution < -0.4 is 5.32 Å². The van der Waals surface area contributed by atoms with Crippen LogP contribution in [0, 0.1) is 5.82 Å². The zero-order valence-corrected chi connectivity index (χ0v) is 18.1. The van der Waals surface area contributed by atoms with Gasteiger partial charge in [0.05, 0.1) is 0 Å². The highest BCUT2D eigenvalue weighted by Gasteiger charge is 2.44. The lowest BCUT2D eigenvalue weighted by atomic mass is 9.71. The number of nitrogens with zero attached hydrogens (tertiary/aromatic N) is 1. The Morgan fingerprint density at radius 1 is 0.935 bits per heavy atom. The zero-order chi connectivity index (χ0) is 21.8. The molecule has 2 atom stereocenters. The summed E-state index contributed by atoms with van der Waals surface area (Å²) in [5, 5.41) is 3.64. The standard InChI is InChI=1S/C27H29FN2O/c1-30(2)26(31)27(21-9-5-3-6-10-21,22-11-7-4-8-12-22)17-18-29-25-19-24(25)20-13-15-23(28)16-14-20/h3-16,24-25,29H,17-19H2,1-2H3/t24-,25+/m0/s1. The van der Waals surface area contributed by atoms with Crippen molar-refractivity contribution in [2.45, 2.75) is 30.2 Å². The molecule has 0 spiro atoms. The Morgan fingerprint density at radius 2 is 1.48 bits per heavy atom. The molecule has 4 rings (SSSR count). The lowest BCUT2D eigenvalue weighted by Crippen LogP contribution is -2.46. The van der Waals surface area contributed by atoms with Gasteiger partial charge in [-0.05, 0) is 48.2 Å². The van der Waals surface area contributed by atoms with Gasteiger partial charge in [-0.15, -0.1) is 0 Å². The van der Waals surface area contributed by atoms with Crippen molar-refractivity contribution in [3.8, 4) is 0 Å². The van der Waals surface area contributed by atoms with E-state index in [1.54, 1.807) is 4.90 Å². The number of carbonyl (C=O) groups excluding carboxylic acids is 1. The first-order valence-corrected chi connectivity index (χ1v) is 10.8. The van der Waals surface area contributed by atoms with Gasteiger partial charge in [0.25, 0.3) is 0 Å². The van der Waals surface area contributed by atoms with Crippen molar-refractivity contribution in [3.63, 3.8) is 0 Å². The summed E-state index contributed by atoms with van der Waals surface area (Å²) in [4.78, 5) is 15.3. The fourth-order valence-electron chi connectivity index (χ4n) is 4.58. The summed E-state index contributed by atoms with van der Waals surface area (Å²) in [5.41, 5.74) is 2.43. The highest BCUT2D eigenvalue weighted by molar-refractivity contribution is 5.91. The zero-order valence-electron chi connectivity index (χ0n) is 18.1. The minimum absolute atomic E-state index is 0.0811. The number of halogens is 1. The molecular formula is C27H29FN2O. The molecule has 4 heteroatoms. The number of likely N-dealkylation sites (N-methyl/N-ethyl adjacent to an activating group) is 1. The Kier molecular flexibility index (Phi) is 6.19. The van der Waals surface area contributed by atoms with Gasteiger partial charge in [0.1, 0.15) is 11.2 Å². The Bertz CT molecular complexity index is 963. The lowest BCUT2D eigenvalue weighted by molar-refractivity contribution is -0.133. The number of benzene rings is 3. The van der Waals surface area contributed by atoms with Gasteiger partial charge < -0.3 is 10.2 Å². The second-order valence-corrected chi connectivity index (χ2v) is 8.54. The predicted octanol–water partition coefficient (Wildman–Crippen LogP) is 4.74. The normalized spacial score (nSPS) is 17.9. The molecule has 0 bridgehead atoms. The van der Waals surface area contributed by atoms with Crippen LogP contribution in [0.15, 0.2) is 84.9 Å². The van der Waals surface area contributed by atoms with Crippen LogP contribution in [0.5, 0.6) is 0 Å². The third-order valence-electron chi connectivity index (χ3n) is 6.30. The van der Waals surface area contributed by atoms with Crippen molar-refractivity contribution < 1.29 is 9.18 Å². The molecule has 3 nitrogen and oxygen atoms in total. The maximum atomic E-state index is 13.6. The first kappa shape index (κ1) is 21.3. The summed E-state index contributed by atoms with van der Waals surface area (Å²) in [6.45, 7) is 0.714. The molecule has 1 saturated carbocycles. The number of hydrogen-bond donors (Lipinski definition) is 1. The number of hydrogen-bond acceptors (Lipinski definition) is 2.